The number of rotatable bonds is 2. The van der Waals surface area contributed by atoms with Gasteiger partial charge < -0.3 is 15.6 Å². The van der Waals surface area contributed by atoms with E-state index >= 15 is 0 Å². The van der Waals surface area contributed by atoms with Crippen LogP contribution in [0.3, 0.4) is 0 Å². The lowest BCUT2D eigenvalue weighted by Crippen LogP contribution is -2.54. The molecule has 23 heavy (non-hydrogen) atoms. The fourth-order valence-corrected chi connectivity index (χ4v) is 3.51. The molecule has 1 saturated heterocycles. The maximum Gasteiger partial charge on any atom is 0.248 e. The molecule has 0 spiro atoms. The van der Waals surface area contributed by atoms with Gasteiger partial charge in [0.15, 0.2) is 0 Å². The molecule has 1 amide bonds. The number of nitrogens with zero attached hydrogens (tertiary/aromatic N) is 1. The topological polar surface area (TPSA) is 75.8 Å². The minimum atomic E-state index is -0.663. The molecule has 2 heterocycles. The van der Waals surface area contributed by atoms with E-state index in [-0.39, 0.29) is 13.5 Å². The summed E-state index contributed by atoms with van der Waals surface area (Å²) >= 11 is 0. The van der Waals surface area contributed by atoms with Gasteiger partial charge in [0, 0.05) is 11.1 Å². The van der Waals surface area contributed by atoms with Crippen molar-refractivity contribution in [1.29, 1.82) is 0 Å². The van der Waals surface area contributed by atoms with Gasteiger partial charge in [-0.1, -0.05) is 13.8 Å². The molecule has 0 radical (unpaired) electrons. The second-order valence-electron chi connectivity index (χ2n) is 6.81. The van der Waals surface area contributed by atoms with Gasteiger partial charge >= 0.3 is 0 Å². The van der Waals surface area contributed by atoms with Crippen molar-refractivity contribution in [2.24, 2.45) is 5.73 Å². The van der Waals surface area contributed by atoms with Crippen LogP contribution in [-0.4, -0.2) is 40.7 Å². The van der Waals surface area contributed by atoms with Crippen molar-refractivity contribution in [1.82, 2.24) is 4.90 Å². The number of carbonyl (C=O) groups is 1. The van der Waals surface area contributed by atoms with Crippen LogP contribution < -0.4 is 10.5 Å². The average molecular weight is 320 g/mol. The lowest BCUT2D eigenvalue weighted by molar-refractivity contribution is -0.0961. The summed E-state index contributed by atoms with van der Waals surface area (Å²) in [4.78, 5) is 13.8. The fourth-order valence-electron chi connectivity index (χ4n) is 3.51. The Kier molecular flexibility index (Phi) is 5.01. The molecule has 2 aliphatic rings. The van der Waals surface area contributed by atoms with E-state index in [0.29, 0.717) is 5.56 Å². The van der Waals surface area contributed by atoms with E-state index < -0.39 is 17.6 Å². The van der Waals surface area contributed by atoms with Gasteiger partial charge in [-0.25, -0.2) is 0 Å². The number of piperidine rings is 1. The Morgan fingerprint density at radius 2 is 1.96 bits per heavy atom. The fraction of sp³-hybridized carbons (Fsp3) is 0.611. The molecule has 1 aromatic rings. The Bertz CT molecular complexity index is 580. The van der Waals surface area contributed by atoms with Crippen LogP contribution >= 0.6 is 0 Å². The molecule has 0 unspecified atom stereocenters. The predicted molar refractivity (Wildman–Crippen MR) is 90.6 cm³/mol. The highest BCUT2D eigenvalue weighted by atomic mass is 16.5. The standard InChI is InChI=1S/C17H24N2O3.CH4/c1-17(2)15(20)14(19-8-4-3-5-9-19)12-10-11(16(18)21)6-7-13(12)22-17;/h6-7,10,14-15,20H,3-5,8-9H2,1-2H3,(H2,18,21);1H4/t14-,15+;/m1./s1. The first-order valence-electron chi connectivity index (χ1n) is 7.95. The molecule has 3 rings (SSSR count). The molecule has 1 fully saturated rings. The van der Waals surface area contributed by atoms with E-state index in [1.54, 1.807) is 18.2 Å². The van der Waals surface area contributed by atoms with Crippen LogP contribution in [0.4, 0.5) is 0 Å². The van der Waals surface area contributed by atoms with Crippen LogP contribution in [0.1, 0.15) is 62.5 Å². The number of amides is 1. The zero-order valence-electron chi connectivity index (χ0n) is 13.2. The second-order valence-corrected chi connectivity index (χ2v) is 6.81. The summed E-state index contributed by atoms with van der Waals surface area (Å²) in [5.74, 6) is 0.274. The molecule has 3 N–H and O–H groups in total. The van der Waals surface area contributed by atoms with Crippen molar-refractivity contribution < 1.29 is 14.6 Å². The van der Waals surface area contributed by atoms with E-state index in [9.17, 15) is 9.90 Å². The molecular weight excluding hydrogens is 292 g/mol. The number of likely N-dealkylation sites (tertiary alicyclic amines) is 1. The summed E-state index contributed by atoms with van der Waals surface area (Å²) in [6.45, 7) is 5.72. The number of nitrogens with two attached hydrogens (primary N) is 1. The number of hydrogen-bond donors (Lipinski definition) is 2. The van der Waals surface area contributed by atoms with Crippen LogP contribution in [0.5, 0.6) is 5.75 Å². The zero-order valence-corrected chi connectivity index (χ0v) is 13.2. The molecule has 0 saturated carbocycles. The molecule has 2 aliphatic heterocycles. The number of aliphatic hydroxyl groups excluding tert-OH is 1. The van der Waals surface area contributed by atoms with Crippen LogP contribution in [-0.2, 0) is 0 Å². The first-order chi connectivity index (χ1) is 10.4. The largest absolute Gasteiger partial charge is 0.485 e. The zero-order chi connectivity index (χ0) is 15.9. The quantitative estimate of drug-likeness (QED) is 0.878. The van der Waals surface area contributed by atoms with Crippen LogP contribution in [0.25, 0.3) is 0 Å². The molecular formula is C18H28N2O3. The molecule has 0 aromatic heterocycles. The van der Waals surface area contributed by atoms with Crippen molar-refractivity contribution in [3.8, 4) is 5.75 Å². The minimum absolute atomic E-state index is 0. The Morgan fingerprint density at radius 3 is 2.57 bits per heavy atom. The van der Waals surface area contributed by atoms with Gasteiger partial charge in [0.1, 0.15) is 17.5 Å². The van der Waals surface area contributed by atoms with Gasteiger partial charge in [0.05, 0.1) is 6.04 Å². The Hall–Kier alpha value is -1.59. The van der Waals surface area contributed by atoms with Crippen molar-refractivity contribution in [2.75, 3.05) is 13.1 Å². The van der Waals surface area contributed by atoms with Crippen LogP contribution in [0, 0.1) is 0 Å². The maximum absolute atomic E-state index is 11.5. The Labute approximate surface area is 138 Å². The van der Waals surface area contributed by atoms with Gasteiger partial charge in [0.2, 0.25) is 5.91 Å². The molecule has 0 bridgehead atoms. The normalized spacial score (nSPS) is 26.6. The first-order valence-corrected chi connectivity index (χ1v) is 7.95. The van der Waals surface area contributed by atoms with E-state index in [0.717, 1.165) is 37.2 Å². The monoisotopic (exact) mass is 320 g/mol. The second kappa shape index (κ2) is 6.49. The van der Waals surface area contributed by atoms with Gasteiger partial charge in [-0.05, 0) is 58.0 Å². The van der Waals surface area contributed by atoms with E-state index in [1.165, 1.54) is 6.42 Å². The molecule has 1 aromatic carbocycles. The number of aliphatic hydroxyl groups is 1. The summed E-state index contributed by atoms with van der Waals surface area (Å²) in [5, 5.41) is 10.8. The highest BCUT2D eigenvalue weighted by Crippen LogP contribution is 2.43. The summed E-state index contributed by atoms with van der Waals surface area (Å²) in [6.07, 6.45) is 2.85. The molecule has 5 nitrogen and oxygen atoms in total. The van der Waals surface area contributed by atoms with Crippen LogP contribution in [0.2, 0.25) is 0 Å². The third-order valence-corrected chi connectivity index (χ3v) is 4.78. The number of carbonyl (C=O) groups excluding carboxylic acids is 1. The van der Waals surface area contributed by atoms with Crippen molar-refractivity contribution in [3.05, 3.63) is 29.3 Å². The number of ether oxygens (including phenoxy) is 1. The van der Waals surface area contributed by atoms with Crippen molar-refractivity contribution in [2.45, 2.75) is 58.3 Å². The third-order valence-electron chi connectivity index (χ3n) is 4.78. The van der Waals surface area contributed by atoms with Gasteiger partial charge in [-0.15, -0.1) is 0 Å². The lowest BCUT2D eigenvalue weighted by Gasteiger charge is -2.47. The van der Waals surface area contributed by atoms with Gasteiger partial charge in [0.25, 0.3) is 0 Å². The predicted octanol–water partition coefficient (Wildman–Crippen LogP) is 2.48. The van der Waals surface area contributed by atoms with E-state index in [1.807, 2.05) is 13.8 Å². The summed E-state index contributed by atoms with van der Waals surface area (Å²) < 4.78 is 5.96. The summed E-state index contributed by atoms with van der Waals surface area (Å²) in [6, 6.07) is 5.09. The molecule has 0 aliphatic carbocycles. The van der Waals surface area contributed by atoms with Crippen LogP contribution in [0.15, 0.2) is 18.2 Å². The van der Waals surface area contributed by atoms with Gasteiger partial charge in [-0.2, -0.15) is 0 Å². The Balaban J connectivity index is 0.00000192. The average Bonchev–Trinajstić information content (AvgIpc) is 2.48. The number of primary amides is 1. The highest BCUT2D eigenvalue weighted by molar-refractivity contribution is 5.93. The minimum Gasteiger partial charge on any atom is -0.485 e. The smallest absolute Gasteiger partial charge is 0.248 e. The summed E-state index contributed by atoms with van der Waals surface area (Å²) in [7, 11) is 0. The molecule has 5 heteroatoms. The highest BCUT2D eigenvalue weighted by Gasteiger charge is 2.45. The number of fused-ring (bicyclic) bond motifs is 1. The Morgan fingerprint density at radius 1 is 1.30 bits per heavy atom. The third kappa shape index (κ3) is 3.21. The van der Waals surface area contributed by atoms with E-state index in [2.05, 4.69) is 4.90 Å². The number of benzene rings is 1. The van der Waals surface area contributed by atoms with E-state index in [4.69, 9.17) is 10.5 Å². The van der Waals surface area contributed by atoms with Crippen molar-refractivity contribution >= 4 is 5.91 Å². The number of hydrogen-bond acceptors (Lipinski definition) is 4. The SMILES string of the molecule is C.CC1(C)Oc2ccc(C(N)=O)cc2[C@@H](N2CCCCC2)[C@@H]1O. The van der Waals surface area contributed by atoms with Crippen molar-refractivity contribution in [3.63, 3.8) is 0 Å². The molecule has 128 valence electrons. The summed E-state index contributed by atoms with van der Waals surface area (Å²) in [5.41, 5.74) is 6.06. The first kappa shape index (κ1) is 17.8. The maximum atomic E-state index is 11.5. The van der Waals surface area contributed by atoms with Gasteiger partial charge in [-0.3, -0.25) is 9.69 Å². The molecule has 2 atom stereocenters. The lowest BCUT2D eigenvalue weighted by atomic mass is 9.84.